The number of carbonyl (C=O) groups is 2. The van der Waals surface area contributed by atoms with Crippen LogP contribution in [0.1, 0.15) is 51.9 Å². The summed E-state index contributed by atoms with van der Waals surface area (Å²) in [5, 5.41) is 9.58. The van der Waals surface area contributed by atoms with E-state index in [0.717, 1.165) is 12.8 Å². The standard InChI is InChI=1S/C13H24O5/c1-3-4-9-18-13(16)10-11(14)7-5-6-8-12(15)17-2/h11,14H,3-10H2,1-2H3/t11-/m0/s1. The van der Waals surface area contributed by atoms with E-state index < -0.39 is 6.10 Å². The molecule has 106 valence electrons. The molecule has 0 rings (SSSR count). The second-order valence-corrected chi connectivity index (χ2v) is 4.25. The van der Waals surface area contributed by atoms with Crippen LogP contribution in [0.4, 0.5) is 0 Å². The fourth-order valence-corrected chi connectivity index (χ4v) is 1.44. The highest BCUT2D eigenvalue weighted by atomic mass is 16.5. The molecule has 0 amide bonds. The number of esters is 2. The molecule has 0 aromatic carbocycles. The molecule has 0 spiro atoms. The molecule has 5 heteroatoms. The Labute approximate surface area is 108 Å². The summed E-state index contributed by atoms with van der Waals surface area (Å²) in [5.41, 5.74) is 0. The maximum Gasteiger partial charge on any atom is 0.308 e. The van der Waals surface area contributed by atoms with Crippen molar-refractivity contribution < 1.29 is 24.2 Å². The molecule has 0 aliphatic carbocycles. The Morgan fingerprint density at radius 2 is 1.89 bits per heavy atom. The Balaban J connectivity index is 3.49. The van der Waals surface area contributed by atoms with E-state index in [2.05, 4.69) is 4.74 Å². The second-order valence-electron chi connectivity index (χ2n) is 4.25. The van der Waals surface area contributed by atoms with Gasteiger partial charge in [0.1, 0.15) is 0 Å². The largest absolute Gasteiger partial charge is 0.469 e. The van der Waals surface area contributed by atoms with Crippen LogP contribution in [0.15, 0.2) is 0 Å². The van der Waals surface area contributed by atoms with Gasteiger partial charge in [-0.2, -0.15) is 0 Å². The van der Waals surface area contributed by atoms with Gasteiger partial charge >= 0.3 is 11.9 Å². The minimum absolute atomic E-state index is 0.0297. The van der Waals surface area contributed by atoms with Crippen LogP contribution < -0.4 is 0 Å². The van der Waals surface area contributed by atoms with E-state index in [4.69, 9.17) is 4.74 Å². The SMILES string of the molecule is CCCCOC(=O)C[C@@H](O)CCCCC(=O)OC. The number of hydrogen-bond donors (Lipinski definition) is 1. The summed E-state index contributed by atoms with van der Waals surface area (Å²) >= 11 is 0. The third-order valence-electron chi connectivity index (χ3n) is 2.56. The second kappa shape index (κ2) is 11.0. The number of carbonyl (C=O) groups excluding carboxylic acids is 2. The first-order valence-electron chi connectivity index (χ1n) is 6.50. The summed E-state index contributed by atoms with van der Waals surface area (Å²) in [6.45, 7) is 2.44. The van der Waals surface area contributed by atoms with Gasteiger partial charge < -0.3 is 14.6 Å². The smallest absolute Gasteiger partial charge is 0.308 e. The van der Waals surface area contributed by atoms with Crippen LogP contribution in [-0.2, 0) is 19.1 Å². The van der Waals surface area contributed by atoms with E-state index in [1.54, 1.807) is 0 Å². The Morgan fingerprint density at radius 3 is 2.50 bits per heavy atom. The normalized spacial score (nSPS) is 11.9. The Bertz CT molecular complexity index is 240. The van der Waals surface area contributed by atoms with Crippen LogP contribution in [0.25, 0.3) is 0 Å². The zero-order valence-corrected chi connectivity index (χ0v) is 11.3. The quantitative estimate of drug-likeness (QED) is 0.479. The van der Waals surface area contributed by atoms with Gasteiger partial charge in [-0.3, -0.25) is 9.59 Å². The van der Waals surface area contributed by atoms with Crippen LogP contribution in [0.2, 0.25) is 0 Å². The zero-order valence-electron chi connectivity index (χ0n) is 11.3. The van der Waals surface area contributed by atoms with E-state index in [9.17, 15) is 14.7 Å². The van der Waals surface area contributed by atoms with Crippen molar-refractivity contribution in [1.29, 1.82) is 0 Å². The highest BCUT2D eigenvalue weighted by Crippen LogP contribution is 2.08. The molecule has 0 aliphatic heterocycles. The molecule has 0 bridgehead atoms. The van der Waals surface area contributed by atoms with Crippen molar-refractivity contribution in [3.05, 3.63) is 0 Å². The first-order chi connectivity index (χ1) is 8.60. The molecule has 18 heavy (non-hydrogen) atoms. The molecule has 0 fully saturated rings. The number of aliphatic hydroxyl groups is 1. The minimum Gasteiger partial charge on any atom is -0.469 e. The summed E-state index contributed by atoms with van der Waals surface area (Å²) in [5.74, 6) is -0.604. The Hall–Kier alpha value is -1.10. The summed E-state index contributed by atoms with van der Waals surface area (Å²) in [6, 6.07) is 0. The number of rotatable bonds is 10. The average Bonchev–Trinajstić information content (AvgIpc) is 2.34. The molecule has 1 N–H and O–H groups in total. The van der Waals surface area contributed by atoms with E-state index >= 15 is 0 Å². The number of hydrogen-bond acceptors (Lipinski definition) is 5. The van der Waals surface area contributed by atoms with Crippen molar-refractivity contribution in [2.75, 3.05) is 13.7 Å². The van der Waals surface area contributed by atoms with Gasteiger partial charge in [0, 0.05) is 6.42 Å². The van der Waals surface area contributed by atoms with Crippen molar-refractivity contribution in [3.63, 3.8) is 0 Å². The van der Waals surface area contributed by atoms with Crippen LogP contribution in [0.3, 0.4) is 0 Å². The molecule has 0 aliphatic rings. The minimum atomic E-state index is -0.684. The zero-order chi connectivity index (χ0) is 13.8. The van der Waals surface area contributed by atoms with E-state index in [1.165, 1.54) is 7.11 Å². The molecule has 1 atom stereocenters. The number of methoxy groups -OCH3 is 1. The van der Waals surface area contributed by atoms with Gasteiger partial charge in [-0.05, 0) is 19.3 Å². The topological polar surface area (TPSA) is 72.8 Å². The van der Waals surface area contributed by atoms with Crippen molar-refractivity contribution in [2.24, 2.45) is 0 Å². The molecule has 0 saturated heterocycles. The van der Waals surface area contributed by atoms with Gasteiger partial charge in [-0.15, -0.1) is 0 Å². The maximum atomic E-state index is 11.3. The van der Waals surface area contributed by atoms with Crippen molar-refractivity contribution in [1.82, 2.24) is 0 Å². The summed E-state index contributed by atoms with van der Waals surface area (Å²) < 4.78 is 9.44. The first-order valence-corrected chi connectivity index (χ1v) is 6.50. The van der Waals surface area contributed by atoms with Crippen molar-refractivity contribution in [2.45, 2.75) is 58.0 Å². The number of ether oxygens (including phenoxy) is 2. The summed E-state index contributed by atoms with van der Waals surface area (Å²) in [4.78, 5) is 22.1. The molecule has 0 heterocycles. The number of unbranched alkanes of at least 4 members (excludes halogenated alkanes) is 2. The molecule has 0 unspecified atom stereocenters. The molecule has 0 aromatic rings. The Kier molecular flexibility index (Phi) is 10.3. The van der Waals surface area contributed by atoms with E-state index in [1.807, 2.05) is 6.92 Å². The van der Waals surface area contributed by atoms with Gasteiger partial charge in [0.05, 0.1) is 26.2 Å². The van der Waals surface area contributed by atoms with Crippen LogP contribution in [0, 0.1) is 0 Å². The lowest BCUT2D eigenvalue weighted by molar-refractivity contribution is -0.146. The van der Waals surface area contributed by atoms with E-state index in [-0.39, 0.29) is 18.4 Å². The third-order valence-corrected chi connectivity index (χ3v) is 2.56. The van der Waals surface area contributed by atoms with Gasteiger partial charge in [-0.25, -0.2) is 0 Å². The van der Waals surface area contributed by atoms with Crippen molar-refractivity contribution >= 4 is 11.9 Å². The molecule has 0 saturated carbocycles. The summed E-state index contributed by atoms with van der Waals surface area (Å²) in [6.07, 6.45) is 3.38. The monoisotopic (exact) mass is 260 g/mol. The fourth-order valence-electron chi connectivity index (χ4n) is 1.44. The molecule has 0 radical (unpaired) electrons. The molecular formula is C13H24O5. The highest BCUT2D eigenvalue weighted by molar-refractivity contribution is 5.70. The molecule has 0 aromatic heterocycles. The number of aliphatic hydroxyl groups excluding tert-OH is 1. The van der Waals surface area contributed by atoms with Gasteiger partial charge in [-0.1, -0.05) is 19.8 Å². The predicted molar refractivity (Wildman–Crippen MR) is 67.0 cm³/mol. The third kappa shape index (κ3) is 10.1. The lowest BCUT2D eigenvalue weighted by Gasteiger charge is -2.09. The van der Waals surface area contributed by atoms with Crippen LogP contribution >= 0.6 is 0 Å². The lowest BCUT2D eigenvalue weighted by Crippen LogP contribution is -2.16. The molecule has 5 nitrogen and oxygen atoms in total. The van der Waals surface area contributed by atoms with Gasteiger partial charge in [0.15, 0.2) is 0 Å². The summed E-state index contributed by atoms with van der Waals surface area (Å²) in [7, 11) is 1.35. The predicted octanol–water partition coefficient (Wildman–Crippen LogP) is 1.81. The molecular weight excluding hydrogens is 236 g/mol. The van der Waals surface area contributed by atoms with Crippen LogP contribution in [0.5, 0.6) is 0 Å². The highest BCUT2D eigenvalue weighted by Gasteiger charge is 2.12. The van der Waals surface area contributed by atoms with Gasteiger partial charge in [0.2, 0.25) is 0 Å². The first kappa shape index (κ1) is 16.9. The maximum absolute atomic E-state index is 11.3. The van der Waals surface area contributed by atoms with Crippen molar-refractivity contribution in [3.8, 4) is 0 Å². The fraction of sp³-hybridized carbons (Fsp3) is 0.846. The van der Waals surface area contributed by atoms with E-state index in [0.29, 0.717) is 32.3 Å². The average molecular weight is 260 g/mol. The lowest BCUT2D eigenvalue weighted by atomic mass is 10.1. The van der Waals surface area contributed by atoms with Gasteiger partial charge in [0.25, 0.3) is 0 Å². The Morgan fingerprint density at radius 1 is 1.17 bits per heavy atom. The van der Waals surface area contributed by atoms with Crippen LogP contribution in [-0.4, -0.2) is 36.9 Å².